The lowest BCUT2D eigenvalue weighted by molar-refractivity contribution is 0.0941. The third kappa shape index (κ3) is 3.19. The fourth-order valence-corrected chi connectivity index (χ4v) is 3.58. The van der Waals surface area contributed by atoms with Gasteiger partial charge in [-0.25, -0.2) is 4.98 Å². The van der Waals surface area contributed by atoms with Crippen LogP contribution in [-0.4, -0.2) is 15.5 Å². The summed E-state index contributed by atoms with van der Waals surface area (Å²) in [6.45, 7) is 3.99. The van der Waals surface area contributed by atoms with Gasteiger partial charge < -0.3 is 9.88 Å². The van der Waals surface area contributed by atoms with E-state index in [1.54, 1.807) is 17.5 Å². The lowest BCUT2D eigenvalue weighted by Gasteiger charge is -2.19. The Kier molecular flexibility index (Phi) is 4.30. The first kappa shape index (κ1) is 15.5. The van der Waals surface area contributed by atoms with Crippen LogP contribution in [0.1, 0.15) is 37.5 Å². The largest absolute Gasteiger partial charge is 0.338 e. The van der Waals surface area contributed by atoms with Crippen LogP contribution in [0.4, 0.5) is 0 Å². The Labute approximate surface area is 139 Å². The van der Waals surface area contributed by atoms with E-state index in [0.29, 0.717) is 0 Å². The van der Waals surface area contributed by atoms with Gasteiger partial charge in [-0.3, -0.25) is 4.79 Å². The number of benzene rings is 1. The van der Waals surface area contributed by atoms with E-state index in [2.05, 4.69) is 10.3 Å². The summed E-state index contributed by atoms with van der Waals surface area (Å²) in [7, 11) is 1.93. The number of hydrogen-bond acceptors (Lipinski definition) is 3. The van der Waals surface area contributed by atoms with Gasteiger partial charge in [0, 0.05) is 29.2 Å². The van der Waals surface area contributed by atoms with Crippen LogP contribution >= 0.6 is 11.3 Å². The van der Waals surface area contributed by atoms with Crippen LogP contribution in [0.15, 0.2) is 48.8 Å². The van der Waals surface area contributed by atoms with Gasteiger partial charge in [-0.1, -0.05) is 30.3 Å². The number of carbonyl (C=O) groups is 1. The number of nitrogens with one attached hydrogen (secondary N) is 1. The highest BCUT2D eigenvalue weighted by Gasteiger charge is 2.22. The number of aryl methyl sites for hydroxylation is 3. The number of aromatic nitrogens is 2. The minimum atomic E-state index is -0.275. The average molecular weight is 325 g/mol. The first-order valence-electron chi connectivity index (χ1n) is 7.46. The highest BCUT2D eigenvalue weighted by atomic mass is 32.1. The van der Waals surface area contributed by atoms with E-state index in [4.69, 9.17) is 0 Å². The van der Waals surface area contributed by atoms with Gasteiger partial charge in [0.05, 0.1) is 5.56 Å². The maximum atomic E-state index is 12.7. The SMILES string of the molecule is Cc1cc(C(=O)NC(c2ccccc2)c2nccn2C)c(C)s1. The molecule has 1 atom stereocenters. The van der Waals surface area contributed by atoms with Gasteiger partial charge in [-0.2, -0.15) is 0 Å². The predicted octanol–water partition coefficient (Wildman–Crippen LogP) is 3.62. The molecular formula is C18H19N3OS. The van der Waals surface area contributed by atoms with E-state index in [1.165, 1.54) is 0 Å². The minimum Gasteiger partial charge on any atom is -0.338 e. The standard InChI is InChI=1S/C18H19N3OS/c1-12-11-15(13(2)23-12)18(22)20-16(14-7-5-4-6-8-14)17-19-9-10-21(17)3/h4-11,16H,1-3H3,(H,20,22). The normalized spacial score (nSPS) is 12.1. The fraction of sp³-hybridized carbons (Fsp3) is 0.222. The Morgan fingerprint density at radius 2 is 2.00 bits per heavy atom. The molecule has 1 unspecified atom stereocenters. The third-order valence-electron chi connectivity index (χ3n) is 3.81. The Morgan fingerprint density at radius 3 is 2.57 bits per heavy atom. The molecule has 0 saturated carbocycles. The maximum absolute atomic E-state index is 12.7. The second kappa shape index (κ2) is 6.38. The smallest absolute Gasteiger partial charge is 0.253 e. The first-order valence-corrected chi connectivity index (χ1v) is 8.28. The van der Waals surface area contributed by atoms with Gasteiger partial charge in [0.2, 0.25) is 0 Å². The fourth-order valence-electron chi connectivity index (χ4n) is 2.66. The van der Waals surface area contributed by atoms with Gasteiger partial charge in [-0.05, 0) is 25.5 Å². The second-order valence-electron chi connectivity index (χ2n) is 5.54. The van der Waals surface area contributed by atoms with Crippen molar-refractivity contribution in [3.05, 3.63) is 75.5 Å². The van der Waals surface area contributed by atoms with Crippen molar-refractivity contribution in [3.63, 3.8) is 0 Å². The van der Waals surface area contributed by atoms with Crippen LogP contribution in [-0.2, 0) is 7.05 Å². The predicted molar refractivity (Wildman–Crippen MR) is 92.8 cm³/mol. The zero-order chi connectivity index (χ0) is 16.4. The average Bonchev–Trinajstić information content (AvgIpc) is 3.11. The lowest BCUT2D eigenvalue weighted by atomic mass is 10.1. The Hall–Kier alpha value is -2.40. The Balaban J connectivity index is 1.95. The molecule has 2 heterocycles. The van der Waals surface area contributed by atoms with E-state index in [1.807, 2.05) is 68.1 Å². The summed E-state index contributed by atoms with van der Waals surface area (Å²) in [4.78, 5) is 19.3. The van der Waals surface area contributed by atoms with Crippen LogP contribution in [0.2, 0.25) is 0 Å². The summed E-state index contributed by atoms with van der Waals surface area (Å²) < 4.78 is 1.93. The molecule has 4 nitrogen and oxygen atoms in total. The molecular weight excluding hydrogens is 306 g/mol. The van der Waals surface area contributed by atoms with Crippen molar-refractivity contribution in [2.45, 2.75) is 19.9 Å². The molecule has 5 heteroatoms. The maximum Gasteiger partial charge on any atom is 0.253 e. The third-order valence-corrected chi connectivity index (χ3v) is 4.78. The molecule has 0 bridgehead atoms. The number of nitrogens with zero attached hydrogens (tertiary/aromatic N) is 2. The quantitative estimate of drug-likeness (QED) is 0.796. The van der Waals surface area contributed by atoms with Crippen LogP contribution in [0.25, 0.3) is 0 Å². The number of imidazole rings is 1. The van der Waals surface area contributed by atoms with Crippen LogP contribution < -0.4 is 5.32 Å². The first-order chi connectivity index (χ1) is 11.1. The van der Waals surface area contributed by atoms with Crippen molar-refractivity contribution in [1.29, 1.82) is 0 Å². The molecule has 1 N–H and O–H groups in total. The van der Waals surface area contributed by atoms with Crippen molar-refractivity contribution < 1.29 is 4.79 Å². The molecule has 0 aliphatic rings. The number of carbonyl (C=O) groups excluding carboxylic acids is 1. The van der Waals surface area contributed by atoms with E-state index in [9.17, 15) is 4.79 Å². The van der Waals surface area contributed by atoms with Crippen LogP contribution in [0.5, 0.6) is 0 Å². The Bertz CT molecular complexity index is 820. The lowest BCUT2D eigenvalue weighted by Crippen LogP contribution is -2.31. The van der Waals surface area contributed by atoms with Gasteiger partial charge in [-0.15, -0.1) is 11.3 Å². The number of rotatable bonds is 4. The summed E-state index contributed by atoms with van der Waals surface area (Å²) in [5.74, 6) is 0.748. The van der Waals surface area contributed by atoms with Crippen molar-refractivity contribution in [2.24, 2.45) is 7.05 Å². The van der Waals surface area contributed by atoms with Crippen LogP contribution in [0.3, 0.4) is 0 Å². The topological polar surface area (TPSA) is 46.9 Å². The molecule has 0 radical (unpaired) electrons. The number of amides is 1. The van der Waals surface area contributed by atoms with Gasteiger partial charge in [0.15, 0.2) is 0 Å². The summed E-state index contributed by atoms with van der Waals surface area (Å²) >= 11 is 1.64. The molecule has 23 heavy (non-hydrogen) atoms. The minimum absolute atomic E-state index is 0.0660. The molecule has 1 amide bonds. The molecule has 0 saturated heterocycles. The molecule has 0 spiro atoms. The summed E-state index contributed by atoms with van der Waals surface area (Å²) in [5.41, 5.74) is 1.75. The summed E-state index contributed by atoms with van der Waals surface area (Å²) in [5, 5.41) is 3.13. The second-order valence-corrected chi connectivity index (χ2v) is 7.00. The molecule has 3 rings (SSSR count). The van der Waals surface area contributed by atoms with Gasteiger partial charge in [0.25, 0.3) is 5.91 Å². The van der Waals surface area contributed by atoms with Crippen molar-refractivity contribution in [3.8, 4) is 0 Å². The van der Waals surface area contributed by atoms with Crippen molar-refractivity contribution in [1.82, 2.24) is 14.9 Å². The van der Waals surface area contributed by atoms with Gasteiger partial charge >= 0.3 is 0 Å². The molecule has 1 aromatic carbocycles. The number of thiophene rings is 1. The summed E-state index contributed by atoms with van der Waals surface area (Å²) in [6, 6.07) is 11.6. The van der Waals surface area contributed by atoms with Crippen molar-refractivity contribution in [2.75, 3.05) is 0 Å². The molecule has 0 aliphatic carbocycles. The molecule has 0 fully saturated rings. The zero-order valence-electron chi connectivity index (χ0n) is 13.4. The highest BCUT2D eigenvalue weighted by Crippen LogP contribution is 2.24. The van der Waals surface area contributed by atoms with E-state index >= 15 is 0 Å². The molecule has 0 aliphatic heterocycles. The Morgan fingerprint density at radius 1 is 1.26 bits per heavy atom. The molecule has 2 aromatic heterocycles. The zero-order valence-corrected chi connectivity index (χ0v) is 14.2. The number of hydrogen-bond donors (Lipinski definition) is 1. The molecule has 118 valence electrons. The highest BCUT2D eigenvalue weighted by molar-refractivity contribution is 7.12. The monoisotopic (exact) mass is 325 g/mol. The van der Waals surface area contributed by atoms with E-state index < -0.39 is 0 Å². The van der Waals surface area contributed by atoms with E-state index in [-0.39, 0.29) is 11.9 Å². The van der Waals surface area contributed by atoms with Gasteiger partial charge in [0.1, 0.15) is 11.9 Å². The van der Waals surface area contributed by atoms with Crippen molar-refractivity contribution >= 4 is 17.2 Å². The summed E-state index contributed by atoms with van der Waals surface area (Å²) in [6.07, 6.45) is 3.63. The molecule has 3 aromatic rings. The van der Waals surface area contributed by atoms with E-state index in [0.717, 1.165) is 26.7 Å². The van der Waals surface area contributed by atoms with Crippen LogP contribution in [0, 0.1) is 13.8 Å².